The van der Waals surface area contributed by atoms with Crippen LogP contribution in [-0.2, 0) is 6.61 Å². The van der Waals surface area contributed by atoms with E-state index in [1.807, 2.05) is 68.4 Å². The maximum Gasteiger partial charge on any atom is 0.264 e. The van der Waals surface area contributed by atoms with Crippen molar-refractivity contribution in [3.63, 3.8) is 0 Å². The molecule has 0 spiro atoms. The van der Waals surface area contributed by atoms with Crippen LogP contribution in [0.4, 0.5) is 5.69 Å². The van der Waals surface area contributed by atoms with Crippen LogP contribution in [0.15, 0.2) is 77.3 Å². The zero-order valence-corrected chi connectivity index (χ0v) is 16.8. The zero-order valence-electron chi connectivity index (χ0n) is 16.8. The second-order valence-electron chi connectivity index (χ2n) is 6.86. The molecule has 150 valence electrons. The van der Waals surface area contributed by atoms with Crippen LogP contribution in [0.2, 0.25) is 0 Å². The molecule has 0 saturated heterocycles. The summed E-state index contributed by atoms with van der Waals surface area (Å²) in [5.74, 6) is 1.03. The standard InChI is InChI=1S/C24H21N3O3/c1-16-9-8-13-20(17(16)2)25-24(28)19-12-6-7-14-21(19)29-15-22-26-23(27-30-22)18-10-4-3-5-11-18/h3-14H,15H2,1-2H3,(H,25,28). The number of nitrogens with zero attached hydrogens (tertiary/aromatic N) is 2. The van der Waals surface area contributed by atoms with Crippen molar-refractivity contribution < 1.29 is 14.1 Å². The molecular formula is C24H21N3O3. The van der Waals surface area contributed by atoms with E-state index in [1.165, 1.54) is 0 Å². The molecule has 1 heterocycles. The van der Waals surface area contributed by atoms with Gasteiger partial charge in [0.05, 0.1) is 5.56 Å². The van der Waals surface area contributed by atoms with Crippen LogP contribution in [0.1, 0.15) is 27.4 Å². The fraction of sp³-hybridized carbons (Fsp3) is 0.125. The van der Waals surface area contributed by atoms with Gasteiger partial charge in [0, 0.05) is 11.3 Å². The van der Waals surface area contributed by atoms with Crippen molar-refractivity contribution in [2.24, 2.45) is 0 Å². The van der Waals surface area contributed by atoms with E-state index in [4.69, 9.17) is 9.26 Å². The Labute approximate surface area is 174 Å². The van der Waals surface area contributed by atoms with Gasteiger partial charge in [-0.2, -0.15) is 4.98 Å². The van der Waals surface area contributed by atoms with Crippen molar-refractivity contribution in [1.29, 1.82) is 0 Å². The molecule has 0 bridgehead atoms. The molecule has 6 heteroatoms. The minimum absolute atomic E-state index is 0.0631. The highest BCUT2D eigenvalue weighted by atomic mass is 16.5. The van der Waals surface area contributed by atoms with Gasteiger partial charge in [0.2, 0.25) is 5.82 Å². The van der Waals surface area contributed by atoms with E-state index >= 15 is 0 Å². The molecule has 0 fully saturated rings. The summed E-state index contributed by atoms with van der Waals surface area (Å²) in [4.78, 5) is 17.2. The lowest BCUT2D eigenvalue weighted by molar-refractivity contribution is 0.102. The monoisotopic (exact) mass is 399 g/mol. The van der Waals surface area contributed by atoms with E-state index < -0.39 is 0 Å². The number of ether oxygens (including phenoxy) is 1. The lowest BCUT2D eigenvalue weighted by atomic mass is 10.1. The number of benzene rings is 3. The molecule has 6 nitrogen and oxygen atoms in total. The topological polar surface area (TPSA) is 77.2 Å². The van der Waals surface area contributed by atoms with Crippen LogP contribution >= 0.6 is 0 Å². The molecule has 3 aromatic carbocycles. The normalized spacial score (nSPS) is 10.6. The Morgan fingerprint density at radius 2 is 1.73 bits per heavy atom. The van der Waals surface area contributed by atoms with Gasteiger partial charge in [-0.25, -0.2) is 0 Å². The number of hydrogen-bond donors (Lipinski definition) is 1. The third kappa shape index (κ3) is 4.22. The molecule has 0 radical (unpaired) electrons. The van der Waals surface area contributed by atoms with Crippen LogP contribution in [0.5, 0.6) is 5.75 Å². The number of hydrogen-bond acceptors (Lipinski definition) is 5. The highest BCUT2D eigenvalue weighted by Gasteiger charge is 2.15. The number of aromatic nitrogens is 2. The molecule has 1 N–H and O–H groups in total. The molecule has 4 rings (SSSR count). The molecule has 0 atom stereocenters. The van der Waals surface area contributed by atoms with Crippen molar-refractivity contribution in [2.75, 3.05) is 5.32 Å². The first-order valence-electron chi connectivity index (χ1n) is 9.59. The van der Waals surface area contributed by atoms with Gasteiger partial charge in [-0.3, -0.25) is 4.79 Å². The second-order valence-corrected chi connectivity index (χ2v) is 6.86. The Bertz CT molecular complexity index is 1170. The van der Waals surface area contributed by atoms with Crippen molar-refractivity contribution in [3.8, 4) is 17.1 Å². The molecule has 0 unspecified atom stereocenters. The highest BCUT2D eigenvalue weighted by molar-refractivity contribution is 6.06. The maximum atomic E-state index is 12.9. The number of para-hydroxylation sites is 1. The fourth-order valence-corrected chi connectivity index (χ4v) is 3.01. The van der Waals surface area contributed by atoms with E-state index in [9.17, 15) is 4.79 Å². The Morgan fingerprint density at radius 1 is 0.967 bits per heavy atom. The Balaban J connectivity index is 1.48. The number of carbonyl (C=O) groups excluding carboxylic acids is 1. The van der Waals surface area contributed by atoms with E-state index in [0.29, 0.717) is 23.0 Å². The molecule has 0 aliphatic carbocycles. The minimum Gasteiger partial charge on any atom is -0.483 e. The van der Waals surface area contributed by atoms with Gasteiger partial charge in [-0.05, 0) is 43.2 Å². The summed E-state index contributed by atoms with van der Waals surface area (Å²) in [5, 5.41) is 6.95. The second kappa shape index (κ2) is 8.61. The quantitative estimate of drug-likeness (QED) is 0.483. The number of nitrogens with one attached hydrogen (secondary N) is 1. The first-order valence-corrected chi connectivity index (χ1v) is 9.59. The summed E-state index contributed by atoms with van der Waals surface area (Å²) in [6.45, 7) is 4.05. The molecule has 1 amide bonds. The van der Waals surface area contributed by atoms with Gasteiger partial charge in [-0.1, -0.05) is 59.8 Å². The Hall–Kier alpha value is -3.93. The maximum absolute atomic E-state index is 12.9. The molecule has 0 saturated carbocycles. The summed E-state index contributed by atoms with van der Waals surface area (Å²) in [6, 6.07) is 22.4. The Morgan fingerprint density at radius 3 is 2.57 bits per heavy atom. The number of rotatable bonds is 6. The van der Waals surface area contributed by atoms with Crippen molar-refractivity contribution in [3.05, 3.63) is 95.4 Å². The van der Waals surface area contributed by atoms with Crippen molar-refractivity contribution in [1.82, 2.24) is 10.1 Å². The summed E-state index contributed by atoms with van der Waals surface area (Å²) in [5.41, 5.74) is 4.22. The lowest BCUT2D eigenvalue weighted by Crippen LogP contribution is -2.14. The smallest absolute Gasteiger partial charge is 0.264 e. The summed E-state index contributed by atoms with van der Waals surface area (Å²) in [6.07, 6.45) is 0. The zero-order chi connectivity index (χ0) is 20.9. The summed E-state index contributed by atoms with van der Waals surface area (Å²) < 4.78 is 11.1. The van der Waals surface area contributed by atoms with E-state index in [-0.39, 0.29) is 12.5 Å². The van der Waals surface area contributed by atoms with Crippen molar-refractivity contribution in [2.45, 2.75) is 20.5 Å². The average Bonchev–Trinajstić information content (AvgIpc) is 3.25. The van der Waals surface area contributed by atoms with Crippen LogP contribution in [-0.4, -0.2) is 16.0 Å². The summed E-state index contributed by atoms with van der Waals surface area (Å²) >= 11 is 0. The van der Waals surface area contributed by atoms with Gasteiger partial charge in [-0.15, -0.1) is 0 Å². The number of carbonyl (C=O) groups is 1. The SMILES string of the molecule is Cc1cccc(NC(=O)c2ccccc2OCc2nc(-c3ccccc3)no2)c1C. The van der Waals surface area contributed by atoms with E-state index in [2.05, 4.69) is 15.5 Å². The van der Waals surface area contributed by atoms with Crippen LogP contribution < -0.4 is 10.1 Å². The van der Waals surface area contributed by atoms with Crippen LogP contribution in [0.25, 0.3) is 11.4 Å². The molecular weight excluding hydrogens is 378 g/mol. The van der Waals surface area contributed by atoms with Crippen LogP contribution in [0.3, 0.4) is 0 Å². The third-order valence-electron chi connectivity index (χ3n) is 4.84. The van der Waals surface area contributed by atoms with E-state index in [0.717, 1.165) is 22.4 Å². The number of anilines is 1. The number of aryl methyl sites for hydroxylation is 1. The minimum atomic E-state index is -0.241. The molecule has 30 heavy (non-hydrogen) atoms. The number of amides is 1. The fourth-order valence-electron chi connectivity index (χ4n) is 3.01. The van der Waals surface area contributed by atoms with Gasteiger partial charge in [0.1, 0.15) is 5.75 Å². The molecule has 0 aliphatic rings. The first kappa shape index (κ1) is 19.4. The van der Waals surface area contributed by atoms with Gasteiger partial charge in [0.15, 0.2) is 6.61 Å². The average molecular weight is 399 g/mol. The van der Waals surface area contributed by atoms with Gasteiger partial charge >= 0.3 is 0 Å². The third-order valence-corrected chi connectivity index (χ3v) is 4.84. The predicted molar refractivity (Wildman–Crippen MR) is 114 cm³/mol. The Kier molecular flexibility index (Phi) is 5.57. The van der Waals surface area contributed by atoms with Gasteiger partial charge < -0.3 is 14.6 Å². The van der Waals surface area contributed by atoms with Gasteiger partial charge in [0.25, 0.3) is 11.8 Å². The molecule has 1 aromatic heterocycles. The highest BCUT2D eigenvalue weighted by Crippen LogP contribution is 2.24. The molecule has 0 aliphatic heterocycles. The molecule has 4 aromatic rings. The van der Waals surface area contributed by atoms with Crippen molar-refractivity contribution >= 4 is 11.6 Å². The lowest BCUT2D eigenvalue weighted by Gasteiger charge is -2.13. The largest absolute Gasteiger partial charge is 0.483 e. The summed E-state index contributed by atoms with van der Waals surface area (Å²) in [7, 11) is 0. The predicted octanol–water partition coefficient (Wildman–Crippen LogP) is 5.18. The van der Waals surface area contributed by atoms with Crippen LogP contribution in [0, 0.1) is 13.8 Å². The van der Waals surface area contributed by atoms with E-state index in [1.54, 1.807) is 18.2 Å². The first-order chi connectivity index (χ1) is 14.6.